The van der Waals surface area contributed by atoms with E-state index < -0.39 is 0 Å². The van der Waals surface area contributed by atoms with Crippen molar-refractivity contribution >= 4 is 17.5 Å². The summed E-state index contributed by atoms with van der Waals surface area (Å²) in [5, 5.41) is 6.07. The van der Waals surface area contributed by atoms with Gasteiger partial charge in [-0.15, -0.1) is 0 Å². The molecule has 36 heavy (non-hydrogen) atoms. The zero-order valence-electron chi connectivity index (χ0n) is 22.7. The topological polar surface area (TPSA) is 61.4 Å². The molecular weight excluding hydrogens is 446 g/mol. The number of nitrogens with zero attached hydrogens (tertiary/aromatic N) is 1. The van der Waals surface area contributed by atoms with Crippen molar-refractivity contribution in [1.82, 2.24) is 10.2 Å². The number of rotatable bonds is 7. The fourth-order valence-corrected chi connectivity index (χ4v) is 5.72. The Morgan fingerprint density at radius 3 is 2.19 bits per heavy atom. The number of hydrogen-bond donors (Lipinski definition) is 2. The molecule has 1 fully saturated rings. The molecule has 0 radical (unpaired) electrons. The van der Waals surface area contributed by atoms with Crippen LogP contribution in [0.3, 0.4) is 0 Å². The van der Waals surface area contributed by atoms with E-state index in [1.165, 1.54) is 36.9 Å². The third-order valence-electron chi connectivity index (χ3n) is 8.37. The predicted molar refractivity (Wildman–Crippen MR) is 148 cm³/mol. The molecule has 2 aromatic rings. The van der Waals surface area contributed by atoms with Gasteiger partial charge in [-0.25, -0.2) is 0 Å². The molecule has 5 heteroatoms. The van der Waals surface area contributed by atoms with E-state index in [0.717, 1.165) is 31.5 Å². The molecule has 194 valence electrons. The zero-order chi connectivity index (χ0) is 25.9. The lowest BCUT2D eigenvalue weighted by atomic mass is 9.63. The van der Waals surface area contributed by atoms with Crippen LogP contribution in [0.2, 0.25) is 0 Å². The number of anilines is 1. The maximum absolute atomic E-state index is 12.9. The Morgan fingerprint density at radius 2 is 1.53 bits per heavy atom. The van der Waals surface area contributed by atoms with E-state index in [2.05, 4.69) is 62.3 Å². The Morgan fingerprint density at radius 1 is 0.889 bits per heavy atom. The van der Waals surface area contributed by atoms with E-state index in [-0.39, 0.29) is 22.6 Å². The Kier molecular flexibility index (Phi) is 7.89. The van der Waals surface area contributed by atoms with Gasteiger partial charge in [-0.2, -0.15) is 0 Å². The predicted octanol–water partition coefficient (Wildman–Crippen LogP) is 6.28. The smallest absolute Gasteiger partial charge is 0.255 e. The summed E-state index contributed by atoms with van der Waals surface area (Å²) in [7, 11) is 0. The number of amides is 2. The summed E-state index contributed by atoms with van der Waals surface area (Å²) in [4.78, 5) is 28.0. The second-order valence-electron chi connectivity index (χ2n) is 12.0. The quantitative estimate of drug-likeness (QED) is 0.450. The normalized spacial score (nSPS) is 20.9. The summed E-state index contributed by atoms with van der Waals surface area (Å²) in [5.41, 5.74) is 4.87. The molecular formula is C31H43N3O2. The number of piperidine rings is 1. The maximum atomic E-state index is 12.9. The van der Waals surface area contributed by atoms with Gasteiger partial charge < -0.3 is 15.5 Å². The third-order valence-corrected chi connectivity index (χ3v) is 8.37. The van der Waals surface area contributed by atoms with Crippen molar-refractivity contribution in [2.45, 2.75) is 90.0 Å². The molecule has 2 aromatic carbocycles. The van der Waals surface area contributed by atoms with Gasteiger partial charge in [0.25, 0.3) is 11.8 Å². The van der Waals surface area contributed by atoms with Crippen LogP contribution >= 0.6 is 0 Å². The molecule has 0 aromatic heterocycles. The molecule has 0 spiro atoms. The first-order chi connectivity index (χ1) is 17.1. The van der Waals surface area contributed by atoms with E-state index in [1.807, 2.05) is 6.07 Å². The zero-order valence-corrected chi connectivity index (χ0v) is 22.7. The van der Waals surface area contributed by atoms with E-state index in [4.69, 9.17) is 0 Å². The van der Waals surface area contributed by atoms with Crippen molar-refractivity contribution in [3.63, 3.8) is 0 Å². The first-order valence-corrected chi connectivity index (χ1v) is 13.7. The maximum Gasteiger partial charge on any atom is 0.255 e. The molecule has 2 N–H and O–H groups in total. The van der Waals surface area contributed by atoms with Gasteiger partial charge in [-0.1, -0.05) is 40.2 Å². The summed E-state index contributed by atoms with van der Waals surface area (Å²) < 4.78 is 0. The second kappa shape index (κ2) is 10.8. The number of hydrogen-bond acceptors (Lipinski definition) is 3. The van der Waals surface area contributed by atoms with Gasteiger partial charge in [0.05, 0.1) is 0 Å². The SMILES string of the molecule is CC1CCCCN1CCCNC(=O)c1ccc(C(=O)Nc2ccc3c(c2)C(C)(C)CCC3(C)C)cc1. The summed E-state index contributed by atoms with van der Waals surface area (Å²) in [6, 6.07) is 13.9. The van der Waals surface area contributed by atoms with Gasteiger partial charge >= 0.3 is 0 Å². The molecule has 1 aliphatic carbocycles. The van der Waals surface area contributed by atoms with Gasteiger partial charge in [0.15, 0.2) is 0 Å². The van der Waals surface area contributed by atoms with E-state index in [9.17, 15) is 9.59 Å². The minimum atomic E-state index is -0.162. The summed E-state index contributed by atoms with van der Waals surface area (Å²) >= 11 is 0. The van der Waals surface area contributed by atoms with Crippen LogP contribution in [0.1, 0.15) is 105 Å². The fourth-order valence-electron chi connectivity index (χ4n) is 5.72. The molecule has 1 aliphatic heterocycles. The summed E-state index contributed by atoms with van der Waals surface area (Å²) in [6.45, 7) is 14.3. The largest absolute Gasteiger partial charge is 0.352 e. The minimum absolute atomic E-state index is 0.0896. The Labute approximate surface area is 217 Å². The molecule has 1 unspecified atom stereocenters. The third kappa shape index (κ3) is 6.00. The molecule has 2 amide bonds. The highest BCUT2D eigenvalue weighted by atomic mass is 16.2. The number of likely N-dealkylation sites (tertiary alicyclic amines) is 1. The van der Waals surface area contributed by atoms with Crippen LogP contribution in [0.5, 0.6) is 0 Å². The molecule has 1 atom stereocenters. The lowest BCUT2D eigenvalue weighted by molar-refractivity contribution is 0.0947. The standard InChI is InChI=1S/C31H43N3O2/c1-22-9-6-7-19-34(22)20-8-18-32-28(35)23-10-12-24(13-11-23)29(36)33-25-14-15-26-27(21-25)31(4,5)17-16-30(26,2)3/h10-15,21-22H,6-9,16-20H2,1-5H3,(H,32,35)(H,33,36). The highest BCUT2D eigenvalue weighted by Gasteiger charge is 2.37. The highest BCUT2D eigenvalue weighted by Crippen LogP contribution is 2.46. The van der Waals surface area contributed by atoms with Crippen LogP contribution in [-0.4, -0.2) is 42.4 Å². The second-order valence-corrected chi connectivity index (χ2v) is 12.0. The van der Waals surface area contributed by atoms with Gasteiger partial charge in [-0.05, 0) is 104 Å². The molecule has 5 nitrogen and oxygen atoms in total. The number of fused-ring (bicyclic) bond motifs is 1. The van der Waals surface area contributed by atoms with Gasteiger partial charge in [-0.3, -0.25) is 9.59 Å². The van der Waals surface area contributed by atoms with Crippen LogP contribution in [0.25, 0.3) is 0 Å². The summed E-state index contributed by atoms with van der Waals surface area (Å²) in [6.07, 6.45) is 7.12. The van der Waals surface area contributed by atoms with Crippen LogP contribution < -0.4 is 10.6 Å². The monoisotopic (exact) mass is 489 g/mol. The van der Waals surface area contributed by atoms with E-state index in [1.54, 1.807) is 24.3 Å². The van der Waals surface area contributed by atoms with Crippen LogP contribution in [-0.2, 0) is 10.8 Å². The lowest BCUT2D eigenvalue weighted by Gasteiger charge is -2.42. The van der Waals surface area contributed by atoms with Crippen LogP contribution in [0, 0.1) is 0 Å². The van der Waals surface area contributed by atoms with E-state index >= 15 is 0 Å². The van der Waals surface area contributed by atoms with Crippen LogP contribution in [0.4, 0.5) is 5.69 Å². The Hall–Kier alpha value is -2.66. The van der Waals surface area contributed by atoms with Crippen LogP contribution in [0.15, 0.2) is 42.5 Å². The van der Waals surface area contributed by atoms with Crippen molar-refractivity contribution in [2.24, 2.45) is 0 Å². The molecule has 0 saturated carbocycles. The molecule has 1 saturated heterocycles. The molecule has 1 heterocycles. The molecule has 0 bridgehead atoms. The minimum Gasteiger partial charge on any atom is -0.352 e. The Balaban J connectivity index is 1.32. The number of carbonyl (C=O) groups excluding carboxylic acids is 2. The average molecular weight is 490 g/mol. The average Bonchev–Trinajstić information content (AvgIpc) is 2.85. The number of nitrogens with one attached hydrogen (secondary N) is 2. The van der Waals surface area contributed by atoms with Crippen molar-refractivity contribution in [2.75, 3.05) is 25.0 Å². The van der Waals surface area contributed by atoms with Gasteiger partial charge in [0.2, 0.25) is 0 Å². The summed E-state index contributed by atoms with van der Waals surface area (Å²) in [5.74, 6) is -0.251. The molecule has 2 aliphatic rings. The first kappa shape index (κ1) is 26.4. The van der Waals surface area contributed by atoms with Crippen molar-refractivity contribution in [3.05, 3.63) is 64.7 Å². The molecule has 4 rings (SSSR count). The van der Waals surface area contributed by atoms with Gasteiger partial charge in [0.1, 0.15) is 0 Å². The van der Waals surface area contributed by atoms with Crippen molar-refractivity contribution in [3.8, 4) is 0 Å². The number of benzene rings is 2. The first-order valence-electron chi connectivity index (χ1n) is 13.7. The van der Waals surface area contributed by atoms with Gasteiger partial charge in [0, 0.05) is 35.9 Å². The fraction of sp³-hybridized carbons (Fsp3) is 0.548. The van der Waals surface area contributed by atoms with E-state index in [0.29, 0.717) is 23.7 Å². The van der Waals surface area contributed by atoms with Crippen molar-refractivity contribution in [1.29, 1.82) is 0 Å². The lowest BCUT2D eigenvalue weighted by Crippen LogP contribution is -2.39. The highest BCUT2D eigenvalue weighted by molar-refractivity contribution is 6.05. The number of carbonyl (C=O) groups is 2. The Bertz CT molecular complexity index is 1090. The van der Waals surface area contributed by atoms with Crippen molar-refractivity contribution < 1.29 is 9.59 Å².